The highest BCUT2D eigenvalue weighted by Crippen LogP contribution is 2.29. The fourth-order valence-electron chi connectivity index (χ4n) is 2.50. The number of carboxylic acid groups (broad SMARTS) is 1. The second-order valence-electron chi connectivity index (χ2n) is 6.80. The minimum absolute atomic E-state index is 0.0153. The van der Waals surface area contributed by atoms with Crippen LogP contribution >= 0.6 is 0 Å². The summed E-state index contributed by atoms with van der Waals surface area (Å²) < 4.78 is 0. The molecule has 0 aromatic carbocycles. The largest absolute Gasteiger partial charge is 0.481 e. The van der Waals surface area contributed by atoms with E-state index >= 15 is 0 Å². The Morgan fingerprint density at radius 1 is 1.14 bits per heavy atom. The van der Waals surface area contributed by atoms with Gasteiger partial charge in [-0.05, 0) is 39.5 Å². The predicted octanol–water partition coefficient (Wildman–Crippen LogP) is 1.00. The Kier molecular flexibility index (Phi) is 4.54. The lowest BCUT2D eigenvalue weighted by molar-refractivity contribution is -0.151. The number of likely N-dealkylation sites (tertiary alicyclic amines) is 1. The van der Waals surface area contributed by atoms with E-state index in [2.05, 4.69) is 5.32 Å². The molecule has 118 valence electrons. The fourth-order valence-corrected chi connectivity index (χ4v) is 2.50. The summed E-state index contributed by atoms with van der Waals surface area (Å²) in [5.74, 6) is -0.718. The normalized spacial score (nSPS) is 20.2. The summed E-state index contributed by atoms with van der Waals surface area (Å²) in [7, 11) is 0. The molecule has 21 heavy (non-hydrogen) atoms. The van der Waals surface area contributed by atoms with Gasteiger partial charge in [0.25, 0.3) is 0 Å². The highest BCUT2D eigenvalue weighted by Gasteiger charge is 2.35. The lowest BCUT2D eigenvalue weighted by Gasteiger charge is -2.34. The zero-order valence-corrected chi connectivity index (χ0v) is 12.7. The Balaban J connectivity index is 1.76. The fraction of sp³-hybridized carbons (Fsp3) is 0.800. The van der Waals surface area contributed by atoms with E-state index < -0.39 is 11.4 Å². The molecule has 6 heteroatoms. The van der Waals surface area contributed by atoms with Crippen LogP contribution in [0.25, 0.3) is 0 Å². The molecule has 0 radical (unpaired) electrons. The summed E-state index contributed by atoms with van der Waals surface area (Å²) in [6.45, 7) is 4.31. The minimum atomic E-state index is -1.03. The first-order chi connectivity index (χ1) is 9.79. The molecule has 0 spiro atoms. The molecule has 0 bridgehead atoms. The van der Waals surface area contributed by atoms with Gasteiger partial charge in [-0.3, -0.25) is 14.4 Å². The van der Waals surface area contributed by atoms with Crippen molar-refractivity contribution in [2.45, 2.75) is 52.0 Å². The zero-order valence-electron chi connectivity index (χ0n) is 12.7. The van der Waals surface area contributed by atoms with Gasteiger partial charge in [-0.15, -0.1) is 0 Å². The molecule has 1 aliphatic carbocycles. The Bertz CT molecular complexity index is 435. The van der Waals surface area contributed by atoms with Crippen LogP contribution in [-0.2, 0) is 14.4 Å². The van der Waals surface area contributed by atoms with Crippen molar-refractivity contribution in [2.75, 3.05) is 13.1 Å². The van der Waals surface area contributed by atoms with Gasteiger partial charge in [0.1, 0.15) is 0 Å². The lowest BCUT2D eigenvalue weighted by atomic mass is 9.88. The molecule has 6 nitrogen and oxygen atoms in total. The van der Waals surface area contributed by atoms with Gasteiger partial charge < -0.3 is 15.3 Å². The van der Waals surface area contributed by atoms with E-state index in [4.69, 9.17) is 5.11 Å². The van der Waals surface area contributed by atoms with Gasteiger partial charge in [-0.1, -0.05) is 0 Å². The Labute approximate surface area is 124 Å². The standard InChI is InChI=1S/C15H24N2O4/c1-15(2,14(20)21)9-12(18)17-7-5-11(6-8-17)16-13(19)10-3-4-10/h10-11H,3-9H2,1-2H3,(H,16,19)(H,20,21). The van der Waals surface area contributed by atoms with Crippen molar-refractivity contribution in [1.82, 2.24) is 10.2 Å². The Morgan fingerprint density at radius 3 is 2.19 bits per heavy atom. The molecular weight excluding hydrogens is 272 g/mol. The Morgan fingerprint density at radius 2 is 1.71 bits per heavy atom. The molecule has 2 fully saturated rings. The summed E-state index contributed by atoms with van der Waals surface area (Å²) in [4.78, 5) is 36.6. The van der Waals surface area contributed by atoms with Crippen molar-refractivity contribution in [2.24, 2.45) is 11.3 Å². The van der Waals surface area contributed by atoms with Crippen LogP contribution in [0.2, 0.25) is 0 Å². The average Bonchev–Trinajstić information content (AvgIpc) is 3.23. The molecular formula is C15H24N2O4. The molecule has 0 atom stereocenters. The first-order valence-corrected chi connectivity index (χ1v) is 7.61. The van der Waals surface area contributed by atoms with Crippen molar-refractivity contribution in [3.8, 4) is 0 Å². The van der Waals surface area contributed by atoms with Crippen LogP contribution < -0.4 is 5.32 Å². The van der Waals surface area contributed by atoms with E-state index in [9.17, 15) is 14.4 Å². The molecule has 1 heterocycles. The first kappa shape index (κ1) is 15.8. The molecule has 2 rings (SSSR count). The van der Waals surface area contributed by atoms with Gasteiger partial charge in [0.2, 0.25) is 11.8 Å². The third-order valence-electron chi connectivity index (χ3n) is 4.31. The van der Waals surface area contributed by atoms with E-state index in [1.54, 1.807) is 18.7 Å². The van der Waals surface area contributed by atoms with Crippen molar-refractivity contribution in [3.63, 3.8) is 0 Å². The van der Waals surface area contributed by atoms with Crippen molar-refractivity contribution in [3.05, 3.63) is 0 Å². The van der Waals surface area contributed by atoms with Crippen molar-refractivity contribution in [1.29, 1.82) is 0 Å². The highest BCUT2D eigenvalue weighted by molar-refractivity contribution is 5.84. The summed E-state index contributed by atoms with van der Waals surface area (Å²) in [5, 5.41) is 12.1. The molecule has 0 aromatic rings. The molecule has 0 unspecified atom stereocenters. The number of hydrogen-bond acceptors (Lipinski definition) is 3. The number of hydrogen-bond donors (Lipinski definition) is 2. The number of rotatable bonds is 5. The molecule has 1 saturated heterocycles. The van der Waals surface area contributed by atoms with Crippen molar-refractivity contribution >= 4 is 17.8 Å². The first-order valence-electron chi connectivity index (χ1n) is 7.61. The number of nitrogens with zero attached hydrogens (tertiary/aromatic N) is 1. The van der Waals surface area contributed by atoms with Crippen LogP contribution in [0.3, 0.4) is 0 Å². The minimum Gasteiger partial charge on any atom is -0.481 e. The number of carbonyl (C=O) groups excluding carboxylic acids is 2. The summed E-state index contributed by atoms with van der Waals surface area (Å²) in [5.41, 5.74) is -1.03. The van der Waals surface area contributed by atoms with Crippen LogP contribution in [0, 0.1) is 11.3 Å². The monoisotopic (exact) mass is 296 g/mol. The Hall–Kier alpha value is -1.59. The maximum atomic E-state index is 12.1. The van der Waals surface area contributed by atoms with Crippen LogP contribution in [0.4, 0.5) is 0 Å². The van der Waals surface area contributed by atoms with E-state index in [-0.39, 0.29) is 30.2 Å². The van der Waals surface area contributed by atoms with Gasteiger partial charge in [-0.25, -0.2) is 0 Å². The van der Waals surface area contributed by atoms with Gasteiger partial charge in [0, 0.05) is 31.5 Å². The zero-order chi connectivity index (χ0) is 15.6. The van der Waals surface area contributed by atoms with E-state index in [0.717, 1.165) is 25.7 Å². The third-order valence-corrected chi connectivity index (χ3v) is 4.31. The van der Waals surface area contributed by atoms with Crippen LogP contribution in [0.15, 0.2) is 0 Å². The number of piperidine rings is 1. The van der Waals surface area contributed by atoms with E-state index in [1.807, 2.05) is 0 Å². The highest BCUT2D eigenvalue weighted by atomic mass is 16.4. The molecule has 1 aliphatic heterocycles. The molecule has 2 amide bonds. The smallest absolute Gasteiger partial charge is 0.309 e. The van der Waals surface area contributed by atoms with Gasteiger partial charge in [0.05, 0.1) is 5.41 Å². The molecule has 2 aliphatic rings. The van der Waals surface area contributed by atoms with Crippen LogP contribution in [-0.4, -0.2) is 46.9 Å². The molecule has 2 N–H and O–H groups in total. The van der Waals surface area contributed by atoms with Crippen molar-refractivity contribution < 1.29 is 19.5 Å². The van der Waals surface area contributed by atoms with E-state index in [1.165, 1.54) is 0 Å². The molecule has 1 saturated carbocycles. The number of amides is 2. The lowest BCUT2D eigenvalue weighted by Crippen LogP contribution is -2.47. The number of carbonyl (C=O) groups is 3. The van der Waals surface area contributed by atoms with Gasteiger partial charge in [0.15, 0.2) is 0 Å². The summed E-state index contributed by atoms with van der Waals surface area (Å²) >= 11 is 0. The molecule has 0 aromatic heterocycles. The second kappa shape index (κ2) is 6.03. The summed E-state index contributed by atoms with van der Waals surface area (Å²) in [6.07, 6.45) is 3.50. The number of aliphatic carboxylic acids is 1. The van der Waals surface area contributed by atoms with E-state index in [0.29, 0.717) is 13.1 Å². The maximum Gasteiger partial charge on any atom is 0.309 e. The summed E-state index contributed by atoms with van der Waals surface area (Å²) in [6, 6.07) is 0.148. The topological polar surface area (TPSA) is 86.7 Å². The van der Waals surface area contributed by atoms with Crippen LogP contribution in [0.1, 0.15) is 46.0 Å². The predicted molar refractivity (Wildman–Crippen MR) is 76.5 cm³/mol. The maximum absolute atomic E-state index is 12.1. The second-order valence-corrected chi connectivity index (χ2v) is 6.80. The third kappa shape index (κ3) is 4.19. The van der Waals surface area contributed by atoms with Gasteiger partial charge >= 0.3 is 5.97 Å². The average molecular weight is 296 g/mol. The van der Waals surface area contributed by atoms with Gasteiger partial charge in [-0.2, -0.15) is 0 Å². The number of carboxylic acids is 1. The quantitative estimate of drug-likeness (QED) is 0.792. The SMILES string of the molecule is CC(C)(CC(=O)N1CCC(NC(=O)C2CC2)CC1)C(=O)O. The number of nitrogens with one attached hydrogen (secondary N) is 1. The van der Waals surface area contributed by atoms with Crippen LogP contribution in [0.5, 0.6) is 0 Å².